The van der Waals surface area contributed by atoms with Gasteiger partial charge in [-0.25, -0.2) is 0 Å². The van der Waals surface area contributed by atoms with Crippen LogP contribution in [0.5, 0.6) is 5.75 Å². The summed E-state index contributed by atoms with van der Waals surface area (Å²) in [6.07, 6.45) is 1.78. The van der Waals surface area contributed by atoms with Crippen LogP contribution in [0.2, 0.25) is 0 Å². The van der Waals surface area contributed by atoms with Gasteiger partial charge in [-0.3, -0.25) is 9.69 Å². The normalized spacial score (nSPS) is 14.4. The molecule has 0 radical (unpaired) electrons. The summed E-state index contributed by atoms with van der Waals surface area (Å²) in [7, 11) is 2.03. The number of carbonyl (C=O) groups excluding carboxylic acids is 1. The number of carbonyl (C=O) groups is 1. The number of benzene rings is 2. The van der Waals surface area contributed by atoms with Crippen LogP contribution in [0.15, 0.2) is 71.1 Å². The second-order valence-electron chi connectivity index (χ2n) is 9.21. The minimum Gasteiger partial charge on any atom is -0.490 e. The van der Waals surface area contributed by atoms with Gasteiger partial charge in [0.1, 0.15) is 11.9 Å². The van der Waals surface area contributed by atoms with E-state index in [4.69, 9.17) is 9.15 Å². The molecule has 36 heavy (non-hydrogen) atoms. The Morgan fingerprint density at radius 2 is 1.86 bits per heavy atom. The average Bonchev–Trinajstić information content (AvgIpc) is 3.54. The van der Waals surface area contributed by atoms with Gasteiger partial charge in [-0.05, 0) is 55.9 Å². The van der Waals surface area contributed by atoms with Crippen molar-refractivity contribution in [3.05, 3.63) is 87.9 Å². The molecule has 0 saturated carbocycles. The highest BCUT2D eigenvalue weighted by molar-refractivity contribution is 7.13. The third kappa shape index (κ3) is 6.01. The van der Waals surface area contributed by atoms with Crippen molar-refractivity contribution >= 4 is 17.2 Å². The minimum atomic E-state index is 0.113. The summed E-state index contributed by atoms with van der Waals surface area (Å²) >= 11 is 1.56. The first-order valence-corrected chi connectivity index (χ1v) is 13.0. The summed E-state index contributed by atoms with van der Waals surface area (Å²) in [5.41, 5.74) is 2.07. The van der Waals surface area contributed by atoms with Crippen LogP contribution in [0.3, 0.4) is 0 Å². The molecule has 2 aromatic heterocycles. The molecule has 0 atom stereocenters. The smallest absolute Gasteiger partial charge is 0.263 e. The van der Waals surface area contributed by atoms with E-state index in [0.29, 0.717) is 18.3 Å². The highest BCUT2D eigenvalue weighted by Crippen LogP contribution is 2.24. The van der Waals surface area contributed by atoms with Crippen molar-refractivity contribution in [1.29, 1.82) is 0 Å². The molecule has 0 unspecified atom stereocenters. The SMILES string of the molecule is Cc1ccc(C(=O)N2CCC(Oc3cccc(CN(C)Cc4nnc(-c5ccccc5)o4)c3)CC2)s1. The van der Waals surface area contributed by atoms with Gasteiger partial charge < -0.3 is 14.1 Å². The zero-order valence-corrected chi connectivity index (χ0v) is 21.4. The largest absolute Gasteiger partial charge is 0.490 e. The van der Waals surface area contributed by atoms with Crippen LogP contribution in [0, 0.1) is 6.92 Å². The summed E-state index contributed by atoms with van der Waals surface area (Å²) in [4.78, 5) is 18.8. The maximum atomic E-state index is 12.7. The lowest BCUT2D eigenvalue weighted by molar-refractivity contribution is 0.0600. The first-order chi connectivity index (χ1) is 17.5. The fraction of sp³-hybridized carbons (Fsp3) is 0.321. The number of thiophene rings is 1. The van der Waals surface area contributed by atoms with Gasteiger partial charge in [0, 0.05) is 42.9 Å². The molecule has 3 heterocycles. The lowest BCUT2D eigenvalue weighted by Crippen LogP contribution is -2.41. The van der Waals surface area contributed by atoms with Gasteiger partial charge in [-0.1, -0.05) is 30.3 Å². The van der Waals surface area contributed by atoms with E-state index in [9.17, 15) is 4.79 Å². The molecule has 0 aliphatic carbocycles. The molecule has 7 nitrogen and oxygen atoms in total. The third-order valence-corrected chi connectivity index (χ3v) is 7.22. The van der Waals surface area contributed by atoms with Crippen LogP contribution >= 0.6 is 11.3 Å². The summed E-state index contributed by atoms with van der Waals surface area (Å²) < 4.78 is 12.1. The standard InChI is InChI=1S/C28H30N4O3S/c1-20-11-12-25(36-20)28(33)32-15-13-23(14-16-32)34-24-10-6-7-21(17-24)18-31(2)19-26-29-30-27(35-26)22-8-4-3-5-9-22/h3-12,17,23H,13-16,18-19H2,1-2H3. The first-order valence-electron chi connectivity index (χ1n) is 12.2. The predicted molar refractivity (Wildman–Crippen MR) is 140 cm³/mol. The molecule has 1 amide bonds. The number of amides is 1. The number of aryl methyl sites for hydroxylation is 1. The first kappa shape index (κ1) is 24.2. The Kier molecular flexibility index (Phi) is 7.44. The minimum absolute atomic E-state index is 0.113. The van der Waals surface area contributed by atoms with Gasteiger partial charge in [0.25, 0.3) is 5.91 Å². The second kappa shape index (κ2) is 11.1. The van der Waals surface area contributed by atoms with Crippen molar-refractivity contribution in [3.63, 3.8) is 0 Å². The van der Waals surface area contributed by atoms with Crippen LogP contribution in [-0.2, 0) is 13.1 Å². The van der Waals surface area contributed by atoms with Gasteiger partial charge >= 0.3 is 0 Å². The van der Waals surface area contributed by atoms with E-state index >= 15 is 0 Å². The predicted octanol–water partition coefficient (Wildman–Crippen LogP) is 5.42. The molecule has 186 valence electrons. The Labute approximate surface area is 215 Å². The Morgan fingerprint density at radius 1 is 1.06 bits per heavy atom. The average molecular weight is 503 g/mol. The lowest BCUT2D eigenvalue weighted by Gasteiger charge is -2.32. The van der Waals surface area contributed by atoms with Crippen molar-refractivity contribution < 1.29 is 13.9 Å². The summed E-state index contributed by atoms with van der Waals surface area (Å²) in [6, 6.07) is 21.9. The summed E-state index contributed by atoms with van der Waals surface area (Å²) in [5, 5.41) is 8.37. The number of piperidine rings is 1. The number of rotatable bonds is 8. The maximum Gasteiger partial charge on any atom is 0.263 e. The number of ether oxygens (including phenoxy) is 1. The van der Waals surface area contributed by atoms with E-state index in [1.807, 2.05) is 73.5 Å². The Morgan fingerprint density at radius 3 is 2.61 bits per heavy atom. The fourth-order valence-electron chi connectivity index (χ4n) is 4.41. The quantitative estimate of drug-likeness (QED) is 0.320. The topological polar surface area (TPSA) is 71.7 Å². The maximum absolute atomic E-state index is 12.7. The van der Waals surface area contributed by atoms with Crippen LogP contribution in [-0.4, -0.2) is 52.1 Å². The number of hydrogen-bond acceptors (Lipinski definition) is 7. The molecule has 1 aliphatic rings. The zero-order valence-electron chi connectivity index (χ0n) is 20.6. The second-order valence-corrected chi connectivity index (χ2v) is 10.5. The van der Waals surface area contributed by atoms with Gasteiger partial charge in [-0.15, -0.1) is 21.5 Å². The molecule has 0 N–H and O–H groups in total. The van der Waals surface area contributed by atoms with Crippen molar-refractivity contribution in [2.75, 3.05) is 20.1 Å². The molecule has 2 aromatic carbocycles. The van der Waals surface area contributed by atoms with Crippen LogP contribution in [0.4, 0.5) is 0 Å². The third-order valence-electron chi connectivity index (χ3n) is 6.23. The van der Waals surface area contributed by atoms with Crippen LogP contribution in [0.1, 0.15) is 38.8 Å². The Hall–Kier alpha value is -3.49. The van der Waals surface area contributed by atoms with E-state index in [0.717, 1.165) is 59.1 Å². The van der Waals surface area contributed by atoms with E-state index in [1.54, 1.807) is 11.3 Å². The number of nitrogens with zero attached hydrogens (tertiary/aromatic N) is 4. The molecular weight excluding hydrogens is 472 g/mol. The molecule has 1 fully saturated rings. The zero-order chi connectivity index (χ0) is 24.9. The molecule has 0 bridgehead atoms. The van der Waals surface area contributed by atoms with Gasteiger partial charge in [0.15, 0.2) is 0 Å². The van der Waals surface area contributed by atoms with Gasteiger partial charge in [0.05, 0.1) is 11.4 Å². The van der Waals surface area contributed by atoms with Crippen molar-refractivity contribution in [3.8, 4) is 17.2 Å². The van der Waals surface area contributed by atoms with Gasteiger partial charge in [0.2, 0.25) is 11.8 Å². The Balaban J connectivity index is 1.12. The van der Waals surface area contributed by atoms with Crippen molar-refractivity contribution in [2.24, 2.45) is 0 Å². The van der Waals surface area contributed by atoms with E-state index in [-0.39, 0.29) is 12.0 Å². The number of hydrogen-bond donors (Lipinski definition) is 0. The highest BCUT2D eigenvalue weighted by Gasteiger charge is 2.25. The van der Waals surface area contributed by atoms with Crippen LogP contribution < -0.4 is 4.74 Å². The van der Waals surface area contributed by atoms with Crippen molar-refractivity contribution in [1.82, 2.24) is 20.0 Å². The molecule has 0 spiro atoms. The molecular formula is C28H30N4O3S. The lowest BCUT2D eigenvalue weighted by atomic mass is 10.1. The monoisotopic (exact) mass is 502 g/mol. The fourth-order valence-corrected chi connectivity index (χ4v) is 5.24. The van der Waals surface area contributed by atoms with Crippen molar-refractivity contribution in [2.45, 2.75) is 39.0 Å². The van der Waals surface area contributed by atoms with E-state index in [2.05, 4.69) is 27.2 Å². The number of aromatic nitrogens is 2. The van der Waals surface area contributed by atoms with E-state index < -0.39 is 0 Å². The molecule has 1 aliphatic heterocycles. The van der Waals surface area contributed by atoms with E-state index in [1.165, 1.54) is 0 Å². The molecule has 4 aromatic rings. The molecule has 5 rings (SSSR count). The summed E-state index contributed by atoms with van der Waals surface area (Å²) in [5.74, 6) is 2.12. The summed E-state index contributed by atoms with van der Waals surface area (Å²) in [6.45, 7) is 4.75. The molecule has 8 heteroatoms. The number of likely N-dealkylation sites (tertiary alicyclic amines) is 1. The molecule has 1 saturated heterocycles. The highest BCUT2D eigenvalue weighted by atomic mass is 32.1. The Bertz CT molecular complexity index is 1290. The van der Waals surface area contributed by atoms with Crippen LogP contribution in [0.25, 0.3) is 11.5 Å². The van der Waals surface area contributed by atoms with Gasteiger partial charge in [-0.2, -0.15) is 0 Å².